The summed E-state index contributed by atoms with van der Waals surface area (Å²) in [4.78, 5) is 0. The average Bonchev–Trinajstić information content (AvgIpc) is 2.46. The minimum Gasteiger partial charge on any atom is -0.447 e. The van der Waals surface area contributed by atoms with Crippen molar-refractivity contribution in [1.29, 1.82) is 0 Å². The van der Waals surface area contributed by atoms with Gasteiger partial charge in [0.1, 0.15) is 5.76 Å². The normalized spacial score (nSPS) is 16.8. The second-order valence-corrected chi connectivity index (χ2v) is 3.31. The first-order chi connectivity index (χ1) is 5.77. The van der Waals surface area contributed by atoms with E-state index in [1.807, 2.05) is 0 Å². The number of nitrogens with one attached hydrogen (secondary N) is 1. The summed E-state index contributed by atoms with van der Waals surface area (Å²) in [6.45, 7) is 0.572. The lowest BCUT2D eigenvalue weighted by Gasteiger charge is -2.03. The van der Waals surface area contributed by atoms with E-state index in [1.165, 1.54) is 0 Å². The third-order valence-corrected chi connectivity index (χ3v) is 2.18. The van der Waals surface area contributed by atoms with E-state index in [0.29, 0.717) is 12.3 Å². The van der Waals surface area contributed by atoms with Crippen LogP contribution in [0.5, 0.6) is 0 Å². The van der Waals surface area contributed by atoms with Crippen LogP contribution in [0.4, 0.5) is 0 Å². The fourth-order valence-electron chi connectivity index (χ4n) is 1.08. The predicted octanol–water partition coefficient (Wildman–Crippen LogP) is 0.934. The van der Waals surface area contributed by atoms with Gasteiger partial charge >= 0.3 is 0 Å². The second-order valence-electron chi connectivity index (χ2n) is 2.41. The highest BCUT2D eigenvalue weighted by atomic mass is 32.2. The van der Waals surface area contributed by atoms with Crippen molar-refractivity contribution < 1.29 is 13.2 Å². The van der Waals surface area contributed by atoms with E-state index in [9.17, 15) is 4.21 Å². The van der Waals surface area contributed by atoms with Crippen LogP contribution in [-0.2, 0) is 17.6 Å². The first-order valence-corrected chi connectivity index (χ1v) is 4.51. The highest BCUT2D eigenvalue weighted by Crippen LogP contribution is 2.21. The molecule has 0 aromatic carbocycles. The summed E-state index contributed by atoms with van der Waals surface area (Å²) >= 11 is -2.02. The highest BCUT2D eigenvalue weighted by Gasteiger charge is 2.13. The molecule has 64 valence electrons. The average molecular weight is 185 g/mol. The van der Waals surface area contributed by atoms with E-state index in [1.54, 1.807) is 18.3 Å². The summed E-state index contributed by atoms with van der Waals surface area (Å²) in [7, 11) is 0. The summed E-state index contributed by atoms with van der Waals surface area (Å²) in [6, 6.07) is 1.57. The molecule has 2 heterocycles. The Morgan fingerprint density at radius 1 is 1.67 bits per heavy atom. The van der Waals surface area contributed by atoms with Crippen LogP contribution in [-0.4, -0.2) is 8.76 Å². The molecular formula is C7H7NO3S. The molecule has 0 saturated heterocycles. The Balaban J connectivity index is 2.46. The minimum atomic E-state index is -2.02. The molecule has 2 N–H and O–H groups in total. The Hall–Kier alpha value is -1.07. The van der Waals surface area contributed by atoms with Gasteiger partial charge in [-0.3, -0.25) is 4.55 Å². The summed E-state index contributed by atoms with van der Waals surface area (Å²) in [5.74, 6) is 0.704. The number of hydrogen-bond donors (Lipinski definition) is 2. The van der Waals surface area contributed by atoms with Gasteiger partial charge in [-0.15, -0.1) is 0 Å². The molecule has 0 fully saturated rings. The number of furan rings is 1. The molecule has 0 radical (unpaired) electrons. The molecular weight excluding hydrogens is 178 g/mol. The molecule has 0 aliphatic carbocycles. The monoisotopic (exact) mass is 185 g/mol. The van der Waals surface area contributed by atoms with Crippen LogP contribution >= 0.6 is 0 Å². The molecule has 0 saturated carbocycles. The lowest BCUT2D eigenvalue weighted by atomic mass is 10.2. The molecule has 1 aromatic heterocycles. The summed E-state index contributed by atoms with van der Waals surface area (Å²) < 4.78 is 24.4. The number of rotatable bonds is 1. The third-order valence-electron chi connectivity index (χ3n) is 1.63. The summed E-state index contributed by atoms with van der Waals surface area (Å²) in [5.41, 5.74) is 0.867. The molecule has 1 unspecified atom stereocenters. The molecule has 1 aliphatic heterocycles. The van der Waals surface area contributed by atoms with Gasteiger partial charge in [-0.25, -0.2) is 4.21 Å². The van der Waals surface area contributed by atoms with Crippen molar-refractivity contribution >= 4 is 17.2 Å². The molecule has 0 bridgehead atoms. The Bertz CT molecular complexity index is 356. The van der Waals surface area contributed by atoms with E-state index in [4.69, 9.17) is 8.97 Å². The maximum Gasteiger partial charge on any atom is 0.223 e. The Kier molecular flexibility index (Phi) is 1.74. The van der Waals surface area contributed by atoms with Crippen LogP contribution in [0.1, 0.15) is 11.3 Å². The molecule has 5 heteroatoms. The number of hydrogen-bond acceptors (Lipinski definition) is 3. The van der Waals surface area contributed by atoms with Crippen LogP contribution in [0.3, 0.4) is 0 Å². The number of fused-ring (bicyclic) bond motifs is 1. The van der Waals surface area contributed by atoms with Crippen molar-refractivity contribution in [2.24, 2.45) is 0 Å². The zero-order valence-corrected chi connectivity index (χ0v) is 6.93. The Labute approximate surface area is 71.6 Å². The predicted molar refractivity (Wildman–Crippen MR) is 43.6 cm³/mol. The molecule has 0 spiro atoms. The first-order valence-electron chi connectivity index (χ1n) is 3.41. The molecule has 1 aromatic rings. The van der Waals surface area contributed by atoms with E-state index in [-0.39, 0.29) is 5.09 Å². The molecule has 12 heavy (non-hydrogen) atoms. The van der Waals surface area contributed by atoms with Gasteiger partial charge in [0.05, 0.1) is 6.54 Å². The van der Waals surface area contributed by atoms with Crippen molar-refractivity contribution in [2.75, 3.05) is 0 Å². The van der Waals surface area contributed by atoms with Gasteiger partial charge in [0.2, 0.25) is 16.2 Å². The van der Waals surface area contributed by atoms with Crippen molar-refractivity contribution in [3.63, 3.8) is 0 Å². The summed E-state index contributed by atoms with van der Waals surface area (Å²) in [6.07, 6.45) is 3.58. The second kappa shape index (κ2) is 2.76. The molecule has 1 aliphatic rings. The van der Waals surface area contributed by atoms with Gasteiger partial charge in [-0.2, -0.15) is 0 Å². The van der Waals surface area contributed by atoms with E-state index < -0.39 is 11.1 Å². The molecule has 0 amide bonds. The fraction of sp³-hybridized carbons (Fsp3) is 0.143. The van der Waals surface area contributed by atoms with Crippen molar-refractivity contribution in [2.45, 2.75) is 11.6 Å². The van der Waals surface area contributed by atoms with Crippen LogP contribution in [0.15, 0.2) is 21.8 Å². The zero-order valence-electron chi connectivity index (χ0n) is 6.11. The minimum absolute atomic E-state index is 0.105. The van der Waals surface area contributed by atoms with E-state index in [2.05, 4.69) is 5.32 Å². The lowest BCUT2D eigenvalue weighted by Crippen LogP contribution is -2.07. The molecule has 1 atom stereocenters. The zero-order chi connectivity index (χ0) is 8.55. The Morgan fingerprint density at radius 3 is 3.17 bits per heavy atom. The molecule has 2 rings (SSSR count). The van der Waals surface area contributed by atoms with E-state index >= 15 is 0 Å². The standard InChI is InChI=1S/C7H7NO3S/c9-12(10)7-3-5-1-2-8-4-6(5)11-7/h1-3,8H,4H2,(H,9,10). The summed E-state index contributed by atoms with van der Waals surface area (Å²) in [5, 5.41) is 3.04. The largest absolute Gasteiger partial charge is 0.447 e. The highest BCUT2D eigenvalue weighted by molar-refractivity contribution is 7.79. The van der Waals surface area contributed by atoms with Crippen molar-refractivity contribution in [3.8, 4) is 0 Å². The van der Waals surface area contributed by atoms with Gasteiger partial charge in [0.15, 0.2) is 0 Å². The van der Waals surface area contributed by atoms with Gasteiger partial charge in [-0.05, 0) is 12.3 Å². The Morgan fingerprint density at radius 2 is 2.50 bits per heavy atom. The fourth-order valence-corrected chi connectivity index (χ4v) is 1.48. The quantitative estimate of drug-likeness (QED) is 0.639. The van der Waals surface area contributed by atoms with Crippen LogP contribution in [0, 0.1) is 0 Å². The van der Waals surface area contributed by atoms with Crippen molar-refractivity contribution in [3.05, 3.63) is 23.6 Å². The molecule has 4 nitrogen and oxygen atoms in total. The lowest BCUT2D eigenvalue weighted by molar-refractivity contribution is 0.403. The van der Waals surface area contributed by atoms with Crippen LogP contribution < -0.4 is 5.32 Å². The smallest absolute Gasteiger partial charge is 0.223 e. The first kappa shape index (κ1) is 7.57. The maximum absolute atomic E-state index is 10.6. The van der Waals surface area contributed by atoms with E-state index in [0.717, 1.165) is 5.56 Å². The van der Waals surface area contributed by atoms with Crippen LogP contribution in [0.2, 0.25) is 0 Å². The SMILES string of the molecule is O=S(O)c1cc2c(o1)CNC=C2. The van der Waals surface area contributed by atoms with Gasteiger partial charge in [0.25, 0.3) is 0 Å². The van der Waals surface area contributed by atoms with Gasteiger partial charge in [-0.1, -0.05) is 0 Å². The third kappa shape index (κ3) is 1.17. The van der Waals surface area contributed by atoms with Crippen LogP contribution in [0.25, 0.3) is 6.08 Å². The van der Waals surface area contributed by atoms with Gasteiger partial charge < -0.3 is 9.73 Å². The maximum atomic E-state index is 10.6. The topological polar surface area (TPSA) is 62.5 Å². The van der Waals surface area contributed by atoms with Gasteiger partial charge in [0, 0.05) is 11.6 Å². The van der Waals surface area contributed by atoms with Crippen molar-refractivity contribution in [1.82, 2.24) is 5.32 Å².